The van der Waals surface area contributed by atoms with Gasteiger partial charge in [0, 0.05) is 12.3 Å². The highest BCUT2D eigenvalue weighted by molar-refractivity contribution is 8.01. The molecule has 0 bridgehead atoms. The Kier molecular flexibility index (Phi) is 4.40. The Morgan fingerprint density at radius 1 is 1.32 bits per heavy atom. The summed E-state index contributed by atoms with van der Waals surface area (Å²) in [6, 6.07) is 1.59. The van der Waals surface area contributed by atoms with Gasteiger partial charge in [0.1, 0.15) is 10.5 Å². The summed E-state index contributed by atoms with van der Waals surface area (Å²) in [5.41, 5.74) is 6.78. The van der Waals surface area contributed by atoms with Crippen LogP contribution >= 0.6 is 11.8 Å². The summed E-state index contributed by atoms with van der Waals surface area (Å²) in [7, 11) is 1.49. The average molecular weight is 360 g/mol. The molecule has 4 N–H and O–H groups in total. The minimum Gasteiger partial charge on any atom is -0.481 e. The van der Waals surface area contributed by atoms with E-state index in [1.165, 1.54) is 31.4 Å². The number of nitrogens with one attached hydrogen (secondary N) is 2. The van der Waals surface area contributed by atoms with Crippen molar-refractivity contribution in [2.45, 2.75) is 23.6 Å². The van der Waals surface area contributed by atoms with Crippen molar-refractivity contribution in [1.29, 1.82) is 0 Å². The molecule has 0 spiro atoms. The maximum atomic E-state index is 12.6. The van der Waals surface area contributed by atoms with E-state index in [1.54, 1.807) is 19.9 Å². The number of carbonyl (C=O) groups is 1. The van der Waals surface area contributed by atoms with E-state index in [9.17, 15) is 4.79 Å². The molecule has 3 rings (SSSR count). The van der Waals surface area contributed by atoms with Crippen molar-refractivity contribution in [1.82, 2.24) is 29.9 Å². The Hall–Kier alpha value is -2.95. The number of thioether (sulfide) groups is 1. The van der Waals surface area contributed by atoms with Crippen LogP contribution in [0.15, 0.2) is 23.6 Å². The van der Waals surface area contributed by atoms with Crippen molar-refractivity contribution in [3.63, 3.8) is 0 Å². The van der Waals surface area contributed by atoms with Crippen LogP contribution in [-0.4, -0.2) is 47.7 Å². The zero-order chi connectivity index (χ0) is 18.0. The number of aromatic amines is 1. The molecule has 0 fully saturated rings. The lowest BCUT2D eigenvalue weighted by Crippen LogP contribution is -2.34. The van der Waals surface area contributed by atoms with E-state index in [0.29, 0.717) is 22.1 Å². The van der Waals surface area contributed by atoms with Crippen molar-refractivity contribution >= 4 is 40.7 Å². The fraction of sp³-hybridized carbons (Fsp3) is 0.286. The van der Waals surface area contributed by atoms with Crippen molar-refractivity contribution in [2.75, 3.05) is 18.2 Å². The fourth-order valence-electron chi connectivity index (χ4n) is 1.95. The summed E-state index contributed by atoms with van der Waals surface area (Å²) in [6.07, 6.45) is 3.00. The van der Waals surface area contributed by atoms with Crippen molar-refractivity contribution < 1.29 is 9.53 Å². The van der Waals surface area contributed by atoms with Crippen LogP contribution < -0.4 is 15.8 Å². The van der Waals surface area contributed by atoms with Gasteiger partial charge in [0.2, 0.25) is 23.7 Å². The predicted molar refractivity (Wildman–Crippen MR) is 93.2 cm³/mol. The molecule has 0 aliphatic rings. The van der Waals surface area contributed by atoms with Crippen LogP contribution in [0.25, 0.3) is 11.2 Å². The Morgan fingerprint density at radius 3 is 2.88 bits per heavy atom. The number of hydrogen-bond acceptors (Lipinski definition) is 9. The second-order valence-corrected chi connectivity index (χ2v) is 7.09. The Balaban J connectivity index is 1.82. The highest BCUT2D eigenvalue weighted by Crippen LogP contribution is 2.35. The van der Waals surface area contributed by atoms with Gasteiger partial charge in [-0.25, -0.2) is 15.0 Å². The van der Waals surface area contributed by atoms with Gasteiger partial charge in [0.25, 0.3) is 0 Å². The van der Waals surface area contributed by atoms with Crippen molar-refractivity contribution in [2.24, 2.45) is 0 Å². The molecule has 130 valence electrons. The van der Waals surface area contributed by atoms with E-state index < -0.39 is 4.75 Å². The standard InChI is InChI=1S/C14H16N8O2S/c1-14(2,11(23)22-13-16-5-4-7(19-13)24-3)25-10-8-9(18-6-17-8)20-12(15)21-10/h4-6H,1-3H3,(H,16,19,22,23)(H3,15,17,18,20,21). The zero-order valence-electron chi connectivity index (χ0n) is 13.8. The van der Waals surface area contributed by atoms with E-state index in [2.05, 4.69) is 35.2 Å². The number of nitrogens with zero attached hydrogens (tertiary/aromatic N) is 5. The molecule has 11 heteroatoms. The summed E-state index contributed by atoms with van der Waals surface area (Å²) in [4.78, 5) is 36.0. The minimum absolute atomic E-state index is 0.0921. The fourth-order valence-corrected chi connectivity index (χ4v) is 2.97. The maximum Gasteiger partial charge on any atom is 0.242 e. The number of ether oxygens (including phenoxy) is 1. The van der Waals surface area contributed by atoms with Crippen LogP contribution in [0.2, 0.25) is 0 Å². The number of anilines is 2. The summed E-state index contributed by atoms with van der Waals surface area (Å²) in [6.45, 7) is 3.52. The first kappa shape index (κ1) is 16.9. The van der Waals surface area contributed by atoms with Crippen LogP contribution in [0.4, 0.5) is 11.9 Å². The lowest BCUT2D eigenvalue weighted by molar-refractivity contribution is -0.117. The third-order valence-corrected chi connectivity index (χ3v) is 4.42. The van der Waals surface area contributed by atoms with Gasteiger partial charge in [-0.05, 0) is 13.8 Å². The van der Waals surface area contributed by atoms with Crippen LogP contribution in [0.5, 0.6) is 5.88 Å². The Labute approximate surface area is 147 Å². The number of aromatic nitrogens is 6. The largest absolute Gasteiger partial charge is 0.481 e. The summed E-state index contributed by atoms with van der Waals surface area (Å²) < 4.78 is 4.14. The minimum atomic E-state index is -0.884. The first-order valence-corrected chi connectivity index (χ1v) is 8.05. The summed E-state index contributed by atoms with van der Waals surface area (Å²) in [5.74, 6) is 0.315. The van der Waals surface area contributed by atoms with Gasteiger partial charge in [0.15, 0.2) is 5.65 Å². The molecule has 0 saturated carbocycles. The molecule has 0 saturated heterocycles. The van der Waals surface area contributed by atoms with E-state index in [-0.39, 0.29) is 17.8 Å². The normalized spacial score (nSPS) is 11.5. The molecular weight excluding hydrogens is 344 g/mol. The number of nitrogens with two attached hydrogens (primary N) is 1. The molecule has 0 atom stereocenters. The van der Waals surface area contributed by atoms with Gasteiger partial charge in [-0.1, -0.05) is 11.8 Å². The average Bonchev–Trinajstić information content (AvgIpc) is 3.03. The highest BCUT2D eigenvalue weighted by Gasteiger charge is 2.31. The SMILES string of the molecule is COc1ccnc(NC(=O)C(C)(C)Sc2nc(N)nc3nc[nH]c23)n1. The molecule has 0 radical (unpaired) electrons. The molecule has 1 amide bonds. The lowest BCUT2D eigenvalue weighted by Gasteiger charge is -2.22. The Bertz CT molecular complexity index is 926. The molecule has 0 aliphatic heterocycles. The molecule has 0 unspecified atom stereocenters. The number of hydrogen-bond donors (Lipinski definition) is 3. The van der Waals surface area contributed by atoms with Gasteiger partial charge in [-0.3, -0.25) is 10.1 Å². The Morgan fingerprint density at radius 2 is 2.12 bits per heavy atom. The van der Waals surface area contributed by atoms with Gasteiger partial charge in [0.05, 0.1) is 18.2 Å². The second-order valence-electron chi connectivity index (χ2n) is 5.48. The third kappa shape index (κ3) is 3.60. The van der Waals surface area contributed by atoms with E-state index >= 15 is 0 Å². The van der Waals surface area contributed by atoms with Crippen LogP contribution in [-0.2, 0) is 4.79 Å². The summed E-state index contributed by atoms with van der Waals surface area (Å²) in [5, 5.41) is 3.21. The van der Waals surface area contributed by atoms with Crippen LogP contribution in [0.1, 0.15) is 13.8 Å². The third-order valence-electron chi connectivity index (χ3n) is 3.23. The number of nitrogen functional groups attached to an aromatic ring is 1. The number of carbonyl (C=O) groups excluding carboxylic acids is 1. The van der Waals surface area contributed by atoms with Crippen molar-refractivity contribution in [3.05, 3.63) is 18.6 Å². The predicted octanol–water partition coefficient (Wildman–Crippen LogP) is 1.24. The number of imidazole rings is 1. The molecule has 3 aromatic rings. The number of methoxy groups -OCH3 is 1. The quantitative estimate of drug-likeness (QED) is 0.452. The van der Waals surface area contributed by atoms with E-state index in [1.807, 2.05) is 0 Å². The van der Waals surface area contributed by atoms with Gasteiger partial charge < -0.3 is 15.5 Å². The summed E-state index contributed by atoms with van der Waals surface area (Å²) >= 11 is 1.23. The number of fused-ring (bicyclic) bond motifs is 1. The first-order valence-electron chi connectivity index (χ1n) is 7.23. The molecular formula is C14H16N8O2S. The van der Waals surface area contributed by atoms with E-state index in [4.69, 9.17) is 10.5 Å². The van der Waals surface area contributed by atoms with Gasteiger partial charge in [-0.2, -0.15) is 9.97 Å². The topological polar surface area (TPSA) is 145 Å². The second kappa shape index (κ2) is 6.51. The molecule has 0 aromatic carbocycles. The molecule has 3 heterocycles. The monoisotopic (exact) mass is 360 g/mol. The highest BCUT2D eigenvalue weighted by atomic mass is 32.2. The van der Waals surface area contributed by atoms with Crippen LogP contribution in [0, 0.1) is 0 Å². The van der Waals surface area contributed by atoms with Gasteiger partial charge >= 0.3 is 0 Å². The zero-order valence-corrected chi connectivity index (χ0v) is 14.6. The molecule has 0 aliphatic carbocycles. The smallest absolute Gasteiger partial charge is 0.242 e. The van der Waals surface area contributed by atoms with E-state index in [0.717, 1.165) is 0 Å². The maximum absolute atomic E-state index is 12.6. The molecule has 25 heavy (non-hydrogen) atoms. The van der Waals surface area contributed by atoms with Crippen LogP contribution in [0.3, 0.4) is 0 Å². The number of H-pyrrole nitrogens is 1. The molecule has 10 nitrogen and oxygen atoms in total. The lowest BCUT2D eigenvalue weighted by atomic mass is 10.2. The van der Waals surface area contributed by atoms with Gasteiger partial charge in [-0.15, -0.1) is 0 Å². The number of rotatable bonds is 5. The number of amides is 1. The first-order chi connectivity index (χ1) is 11.9. The molecule has 3 aromatic heterocycles. The van der Waals surface area contributed by atoms with Crippen molar-refractivity contribution in [3.8, 4) is 5.88 Å².